The molecule has 0 spiro atoms. The van der Waals surface area contributed by atoms with E-state index in [0.29, 0.717) is 21.1 Å². The predicted octanol–water partition coefficient (Wildman–Crippen LogP) is 5.17. The van der Waals surface area contributed by atoms with E-state index in [1.807, 2.05) is 73.7 Å². The quantitative estimate of drug-likeness (QED) is 0.396. The normalized spacial score (nSPS) is 12.2. The summed E-state index contributed by atoms with van der Waals surface area (Å²) in [4.78, 5) is 13.3. The average molecular weight is 428 g/mol. The molecule has 3 aromatic carbocycles. The Morgan fingerprint density at radius 3 is 2.26 bits per heavy atom. The number of rotatable bonds is 4. The van der Waals surface area contributed by atoms with E-state index in [2.05, 4.69) is 15.3 Å². The number of hydrogen-bond donors (Lipinski definition) is 0. The highest BCUT2D eigenvalue weighted by Gasteiger charge is 2.19. The van der Waals surface area contributed by atoms with Crippen molar-refractivity contribution in [1.29, 1.82) is 0 Å². The molecule has 0 amide bonds. The summed E-state index contributed by atoms with van der Waals surface area (Å²) in [7, 11) is 0. The first-order valence-electron chi connectivity index (χ1n) is 9.78. The van der Waals surface area contributed by atoms with E-state index in [1.54, 1.807) is 6.07 Å². The number of fused-ring (bicyclic) bond motifs is 1. The Kier molecular flexibility index (Phi) is 4.88. The lowest BCUT2D eigenvalue weighted by Gasteiger charge is -2.10. The number of halogens is 1. The van der Waals surface area contributed by atoms with Crippen LogP contribution in [0.25, 0.3) is 27.3 Å². The summed E-state index contributed by atoms with van der Waals surface area (Å²) in [6.45, 7) is 1.94. The Morgan fingerprint density at radius 2 is 1.58 bits per heavy atom. The van der Waals surface area contributed by atoms with Gasteiger partial charge in [-0.05, 0) is 17.2 Å². The van der Waals surface area contributed by atoms with Crippen LogP contribution in [0.2, 0.25) is 0 Å². The summed E-state index contributed by atoms with van der Waals surface area (Å²) in [5.74, 6) is -0.495. The molecule has 0 unspecified atom stereocenters. The van der Waals surface area contributed by atoms with Gasteiger partial charge in [-0.1, -0.05) is 91.1 Å². The third kappa shape index (κ3) is 3.53. The predicted molar refractivity (Wildman–Crippen MR) is 120 cm³/mol. The maximum absolute atomic E-state index is 14.8. The van der Waals surface area contributed by atoms with E-state index in [9.17, 15) is 9.18 Å². The maximum atomic E-state index is 14.8. The van der Waals surface area contributed by atoms with Crippen molar-refractivity contribution in [2.45, 2.75) is 12.8 Å². The van der Waals surface area contributed by atoms with Crippen LogP contribution >= 0.6 is 11.3 Å². The van der Waals surface area contributed by atoms with Crippen LogP contribution in [0.1, 0.15) is 23.4 Å². The maximum Gasteiger partial charge on any atom is 0.302 e. The van der Waals surface area contributed by atoms with E-state index in [0.717, 1.165) is 11.1 Å². The van der Waals surface area contributed by atoms with Crippen molar-refractivity contribution >= 4 is 16.3 Å². The highest BCUT2D eigenvalue weighted by atomic mass is 32.1. The number of aromatic nitrogens is 4. The van der Waals surface area contributed by atoms with Crippen LogP contribution in [-0.4, -0.2) is 19.8 Å². The molecular formula is C24H17FN4OS. The van der Waals surface area contributed by atoms with Crippen molar-refractivity contribution in [3.8, 4) is 22.4 Å². The monoisotopic (exact) mass is 428 g/mol. The number of nitrogens with zero attached hydrogens (tertiary/aromatic N) is 4. The SMILES string of the molecule is C[C@H](c1ccc(-c2ccccc2)c(F)c1)c1nn2c(=O)c(-c3ccccc3)nnc2s1. The van der Waals surface area contributed by atoms with Gasteiger partial charge in [0.05, 0.1) is 0 Å². The fourth-order valence-electron chi connectivity index (χ4n) is 3.48. The van der Waals surface area contributed by atoms with Gasteiger partial charge in [-0.2, -0.15) is 9.61 Å². The number of benzene rings is 3. The molecule has 0 radical (unpaired) electrons. The summed E-state index contributed by atoms with van der Waals surface area (Å²) >= 11 is 1.28. The van der Waals surface area contributed by atoms with E-state index < -0.39 is 0 Å². The molecule has 0 aliphatic rings. The van der Waals surface area contributed by atoms with Crippen molar-refractivity contribution in [3.63, 3.8) is 0 Å². The molecule has 7 heteroatoms. The lowest BCUT2D eigenvalue weighted by Crippen LogP contribution is -2.19. The molecule has 0 bridgehead atoms. The Bertz CT molecular complexity index is 1430. The molecule has 5 nitrogen and oxygen atoms in total. The molecule has 0 aliphatic heterocycles. The highest BCUT2D eigenvalue weighted by molar-refractivity contribution is 7.16. The molecule has 0 N–H and O–H groups in total. The van der Waals surface area contributed by atoms with Gasteiger partial charge in [-0.15, -0.1) is 10.2 Å². The topological polar surface area (TPSA) is 60.2 Å². The summed E-state index contributed by atoms with van der Waals surface area (Å²) in [6, 6.07) is 23.8. The van der Waals surface area contributed by atoms with Crippen molar-refractivity contribution in [2.24, 2.45) is 0 Å². The smallest absolute Gasteiger partial charge is 0.265 e. The van der Waals surface area contributed by atoms with E-state index in [1.165, 1.54) is 21.9 Å². The van der Waals surface area contributed by atoms with Gasteiger partial charge in [0, 0.05) is 17.0 Å². The van der Waals surface area contributed by atoms with Crippen LogP contribution in [0.3, 0.4) is 0 Å². The van der Waals surface area contributed by atoms with Gasteiger partial charge in [0.2, 0.25) is 4.96 Å². The molecule has 2 heterocycles. The van der Waals surface area contributed by atoms with Crippen LogP contribution in [0, 0.1) is 5.82 Å². The highest BCUT2D eigenvalue weighted by Crippen LogP contribution is 2.31. The second kappa shape index (κ2) is 7.85. The zero-order valence-corrected chi connectivity index (χ0v) is 17.4. The Morgan fingerprint density at radius 1 is 0.903 bits per heavy atom. The molecule has 0 saturated carbocycles. The fraction of sp³-hybridized carbons (Fsp3) is 0.0833. The first kappa shape index (κ1) is 19.3. The van der Waals surface area contributed by atoms with E-state index in [4.69, 9.17) is 0 Å². The van der Waals surface area contributed by atoms with Gasteiger partial charge < -0.3 is 0 Å². The summed E-state index contributed by atoms with van der Waals surface area (Å²) in [6.07, 6.45) is 0. The van der Waals surface area contributed by atoms with Crippen molar-refractivity contribution in [1.82, 2.24) is 19.8 Å². The molecule has 152 valence electrons. The number of hydrogen-bond acceptors (Lipinski definition) is 5. The minimum Gasteiger partial charge on any atom is -0.265 e. The standard InChI is InChI=1S/C24H17FN4OS/c1-15(18-12-13-19(20(25)14-18)16-8-4-2-5-9-16)22-28-29-23(30)21(26-27-24(29)31-22)17-10-6-3-7-11-17/h2-15H,1H3/t15-/m1/s1. The van der Waals surface area contributed by atoms with Crippen molar-refractivity contribution in [3.05, 3.63) is 106 Å². The molecule has 5 aromatic rings. The molecule has 1 atom stereocenters. The van der Waals surface area contributed by atoms with Crippen LogP contribution < -0.4 is 5.56 Å². The first-order chi connectivity index (χ1) is 15.1. The lowest BCUT2D eigenvalue weighted by atomic mass is 9.97. The molecule has 0 saturated heterocycles. The summed E-state index contributed by atoms with van der Waals surface area (Å²) in [5.41, 5.74) is 2.78. The molecular weight excluding hydrogens is 411 g/mol. The second-order valence-corrected chi connectivity index (χ2v) is 8.17. The molecule has 31 heavy (non-hydrogen) atoms. The summed E-state index contributed by atoms with van der Waals surface area (Å²) < 4.78 is 16.1. The van der Waals surface area contributed by atoms with Gasteiger partial charge >= 0.3 is 5.56 Å². The average Bonchev–Trinajstić information content (AvgIpc) is 3.25. The molecule has 2 aromatic heterocycles. The summed E-state index contributed by atoms with van der Waals surface area (Å²) in [5, 5.41) is 13.4. The van der Waals surface area contributed by atoms with Gasteiger partial charge in [-0.3, -0.25) is 4.79 Å². The zero-order chi connectivity index (χ0) is 21.4. The molecule has 0 aliphatic carbocycles. The van der Waals surface area contributed by atoms with Gasteiger partial charge in [0.15, 0.2) is 5.69 Å². The zero-order valence-electron chi connectivity index (χ0n) is 16.6. The van der Waals surface area contributed by atoms with Crippen LogP contribution in [0.5, 0.6) is 0 Å². The van der Waals surface area contributed by atoms with Crippen LogP contribution in [0.15, 0.2) is 83.7 Å². The molecule has 0 fully saturated rings. The Labute approximate surface area is 181 Å². The van der Waals surface area contributed by atoms with Gasteiger partial charge in [0.1, 0.15) is 10.8 Å². The first-order valence-corrected chi connectivity index (χ1v) is 10.6. The van der Waals surface area contributed by atoms with Crippen LogP contribution in [-0.2, 0) is 0 Å². The lowest BCUT2D eigenvalue weighted by molar-refractivity contribution is 0.627. The van der Waals surface area contributed by atoms with E-state index >= 15 is 0 Å². The minimum absolute atomic E-state index is 0.203. The van der Waals surface area contributed by atoms with Crippen molar-refractivity contribution < 1.29 is 4.39 Å². The van der Waals surface area contributed by atoms with Gasteiger partial charge in [0.25, 0.3) is 0 Å². The fourth-order valence-corrected chi connectivity index (χ4v) is 4.39. The minimum atomic E-state index is -0.323. The molecule has 5 rings (SSSR count). The second-order valence-electron chi connectivity index (χ2n) is 7.18. The van der Waals surface area contributed by atoms with Gasteiger partial charge in [-0.25, -0.2) is 4.39 Å². The Hall–Kier alpha value is -3.71. The third-order valence-electron chi connectivity index (χ3n) is 5.20. The third-order valence-corrected chi connectivity index (χ3v) is 6.28. The van der Waals surface area contributed by atoms with E-state index in [-0.39, 0.29) is 23.0 Å². The van der Waals surface area contributed by atoms with Crippen molar-refractivity contribution in [2.75, 3.05) is 0 Å². The largest absolute Gasteiger partial charge is 0.302 e. The Balaban J connectivity index is 1.52. The van der Waals surface area contributed by atoms with Crippen LogP contribution in [0.4, 0.5) is 4.39 Å².